The Hall–Kier alpha value is -1.85. The molecule has 0 radical (unpaired) electrons. The summed E-state index contributed by atoms with van der Waals surface area (Å²) in [6.07, 6.45) is -1.08. The molecule has 108 valence electrons. The zero-order valence-electron chi connectivity index (χ0n) is 11.7. The third-order valence-corrected chi connectivity index (χ3v) is 3.42. The highest BCUT2D eigenvalue weighted by molar-refractivity contribution is 5.84. The predicted molar refractivity (Wildman–Crippen MR) is 78.1 cm³/mol. The maximum Gasteiger partial charge on any atom is 0.336 e. The maximum absolute atomic E-state index is 11.6. The summed E-state index contributed by atoms with van der Waals surface area (Å²) in [5, 5.41) is 19.5. The van der Waals surface area contributed by atoms with Crippen LogP contribution < -0.4 is 10.5 Å². The van der Waals surface area contributed by atoms with Gasteiger partial charge in [-0.3, -0.25) is 0 Å². The molecule has 5 heteroatoms. The zero-order valence-corrected chi connectivity index (χ0v) is 11.7. The number of hydrogen-bond acceptors (Lipinski definition) is 5. The Balaban J connectivity index is 2.61. The fourth-order valence-corrected chi connectivity index (χ4v) is 2.34. The quantitative estimate of drug-likeness (QED) is 0.813. The first-order chi connectivity index (χ1) is 9.60. The highest BCUT2D eigenvalue weighted by Crippen LogP contribution is 2.26. The SMILES string of the molecule is CCN(CC)c1ccc2c(C(O)CO)cc(=O)oc2c1. The first-order valence-corrected chi connectivity index (χ1v) is 6.72. The summed E-state index contributed by atoms with van der Waals surface area (Å²) in [5.41, 5.74) is 1.24. The van der Waals surface area contributed by atoms with E-state index in [9.17, 15) is 9.90 Å². The molecule has 1 heterocycles. The van der Waals surface area contributed by atoms with Crippen molar-refractivity contribution in [1.82, 2.24) is 0 Å². The Kier molecular flexibility index (Phi) is 4.42. The molecule has 0 bridgehead atoms. The predicted octanol–water partition coefficient (Wildman–Crippen LogP) is 1.66. The van der Waals surface area contributed by atoms with Gasteiger partial charge in [-0.15, -0.1) is 0 Å². The molecule has 0 saturated carbocycles. The van der Waals surface area contributed by atoms with Crippen LogP contribution in [0.15, 0.2) is 33.5 Å². The average molecular weight is 277 g/mol. The third-order valence-electron chi connectivity index (χ3n) is 3.42. The molecule has 5 nitrogen and oxygen atoms in total. The first-order valence-electron chi connectivity index (χ1n) is 6.72. The third kappa shape index (κ3) is 2.69. The van der Waals surface area contributed by atoms with Crippen molar-refractivity contribution in [2.45, 2.75) is 20.0 Å². The summed E-state index contributed by atoms with van der Waals surface area (Å²) in [5.74, 6) is 0. The molecular formula is C15H19NO4. The maximum atomic E-state index is 11.6. The van der Waals surface area contributed by atoms with Gasteiger partial charge in [0.15, 0.2) is 0 Å². The fraction of sp³-hybridized carbons (Fsp3) is 0.400. The van der Waals surface area contributed by atoms with Crippen molar-refractivity contribution in [2.75, 3.05) is 24.6 Å². The Morgan fingerprint density at radius 2 is 1.95 bits per heavy atom. The van der Waals surface area contributed by atoms with Gasteiger partial charge in [-0.1, -0.05) is 0 Å². The lowest BCUT2D eigenvalue weighted by Crippen LogP contribution is -2.21. The number of aliphatic hydroxyl groups is 2. The van der Waals surface area contributed by atoms with Crippen LogP contribution >= 0.6 is 0 Å². The molecular weight excluding hydrogens is 258 g/mol. The van der Waals surface area contributed by atoms with Crippen molar-refractivity contribution in [1.29, 1.82) is 0 Å². The van der Waals surface area contributed by atoms with Crippen molar-refractivity contribution >= 4 is 16.7 Å². The van der Waals surface area contributed by atoms with Gasteiger partial charge < -0.3 is 19.5 Å². The van der Waals surface area contributed by atoms with Crippen molar-refractivity contribution in [2.24, 2.45) is 0 Å². The largest absolute Gasteiger partial charge is 0.423 e. The molecule has 0 aliphatic rings. The van der Waals surface area contributed by atoms with E-state index in [0.29, 0.717) is 16.5 Å². The number of fused-ring (bicyclic) bond motifs is 1. The zero-order chi connectivity index (χ0) is 14.7. The van der Waals surface area contributed by atoms with Crippen LogP contribution in [0.4, 0.5) is 5.69 Å². The molecule has 0 aliphatic heterocycles. The minimum absolute atomic E-state index is 0.393. The van der Waals surface area contributed by atoms with Gasteiger partial charge in [-0.05, 0) is 26.0 Å². The summed E-state index contributed by atoms with van der Waals surface area (Å²) in [6, 6.07) is 6.74. The van der Waals surface area contributed by atoms with E-state index in [1.165, 1.54) is 6.07 Å². The molecule has 1 aromatic carbocycles. The lowest BCUT2D eigenvalue weighted by Gasteiger charge is -2.21. The normalized spacial score (nSPS) is 12.6. The van der Waals surface area contributed by atoms with E-state index >= 15 is 0 Å². The van der Waals surface area contributed by atoms with E-state index in [-0.39, 0.29) is 0 Å². The lowest BCUT2D eigenvalue weighted by atomic mass is 10.0. The average Bonchev–Trinajstić information content (AvgIpc) is 2.46. The van der Waals surface area contributed by atoms with Crippen LogP contribution in [0.25, 0.3) is 11.0 Å². The minimum atomic E-state index is -1.08. The molecule has 0 aliphatic carbocycles. The highest BCUT2D eigenvalue weighted by Gasteiger charge is 2.14. The van der Waals surface area contributed by atoms with Gasteiger partial charge in [0.1, 0.15) is 11.7 Å². The molecule has 2 aromatic rings. The molecule has 2 rings (SSSR count). The van der Waals surface area contributed by atoms with E-state index in [0.717, 1.165) is 18.8 Å². The molecule has 0 fully saturated rings. The van der Waals surface area contributed by atoms with Crippen molar-refractivity contribution in [3.05, 3.63) is 40.2 Å². The molecule has 20 heavy (non-hydrogen) atoms. The second kappa shape index (κ2) is 6.07. The first kappa shape index (κ1) is 14.6. The van der Waals surface area contributed by atoms with Gasteiger partial charge in [0.05, 0.1) is 6.61 Å². The smallest absolute Gasteiger partial charge is 0.336 e. The standard InChI is InChI=1S/C15H19NO4/c1-3-16(4-2)10-5-6-11-12(13(18)9-17)8-15(19)20-14(11)7-10/h5-8,13,17-18H,3-4,9H2,1-2H3. The molecule has 0 saturated heterocycles. The van der Waals surface area contributed by atoms with Gasteiger partial charge in [0.25, 0.3) is 0 Å². The Labute approximate surface area is 117 Å². The van der Waals surface area contributed by atoms with Crippen LogP contribution in [0.2, 0.25) is 0 Å². The minimum Gasteiger partial charge on any atom is -0.423 e. The van der Waals surface area contributed by atoms with Crippen LogP contribution in [0.3, 0.4) is 0 Å². The number of aliphatic hydroxyl groups excluding tert-OH is 2. The van der Waals surface area contributed by atoms with E-state index in [2.05, 4.69) is 18.7 Å². The highest BCUT2D eigenvalue weighted by atomic mass is 16.4. The number of nitrogens with zero attached hydrogens (tertiary/aromatic N) is 1. The Morgan fingerprint density at radius 1 is 1.25 bits per heavy atom. The van der Waals surface area contributed by atoms with Crippen molar-refractivity contribution in [3.63, 3.8) is 0 Å². The lowest BCUT2D eigenvalue weighted by molar-refractivity contribution is 0.0963. The van der Waals surface area contributed by atoms with Crippen LogP contribution in [-0.4, -0.2) is 29.9 Å². The van der Waals surface area contributed by atoms with Crippen molar-refractivity contribution in [3.8, 4) is 0 Å². The Bertz CT molecular complexity index is 646. The van der Waals surface area contributed by atoms with Gasteiger partial charge in [0.2, 0.25) is 0 Å². The number of anilines is 1. The van der Waals surface area contributed by atoms with Gasteiger partial charge in [-0.25, -0.2) is 4.79 Å². The molecule has 0 spiro atoms. The van der Waals surface area contributed by atoms with Gasteiger partial charge in [0, 0.05) is 41.9 Å². The second-order valence-corrected chi connectivity index (χ2v) is 4.57. The number of hydrogen-bond donors (Lipinski definition) is 2. The van der Waals surface area contributed by atoms with E-state index in [1.807, 2.05) is 6.07 Å². The Morgan fingerprint density at radius 3 is 2.55 bits per heavy atom. The summed E-state index contributed by atoms with van der Waals surface area (Å²) in [6.45, 7) is 5.37. The summed E-state index contributed by atoms with van der Waals surface area (Å²) in [4.78, 5) is 13.7. The summed E-state index contributed by atoms with van der Waals surface area (Å²) >= 11 is 0. The molecule has 2 N–H and O–H groups in total. The van der Waals surface area contributed by atoms with Gasteiger partial charge >= 0.3 is 5.63 Å². The molecule has 1 unspecified atom stereocenters. The molecule has 1 atom stereocenters. The molecule has 0 amide bonds. The van der Waals surface area contributed by atoms with Crippen molar-refractivity contribution < 1.29 is 14.6 Å². The van der Waals surface area contributed by atoms with Crippen LogP contribution in [0.1, 0.15) is 25.5 Å². The monoisotopic (exact) mass is 277 g/mol. The second-order valence-electron chi connectivity index (χ2n) is 4.57. The van der Waals surface area contributed by atoms with E-state index in [4.69, 9.17) is 9.52 Å². The number of benzene rings is 1. The van der Waals surface area contributed by atoms with E-state index < -0.39 is 18.3 Å². The van der Waals surface area contributed by atoms with E-state index in [1.54, 1.807) is 12.1 Å². The number of rotatable bonds is 5. The van der Waals surface area contributed by atoms with Crippen LogP contribution in [-0.2, 0) is 0 Å². The fourth-order valence-electron chi connectivity index (χ4n) is 2.34. The van der Waals surface area contributed by atoms with Crippen LogP contribution in [0.5, 0.6) is 0 Å². The van der Waals surface area contributed by atoms with Crippen LogP contribution in [0, 0.1) is 0 Å². The summed E-state index contributed by atoms with van der Waals surface area (Å²) in [7, 11) is 0. The van der Waals surface area contributed by atoms with Gasteiger partial charge in [-0.2, -0.15) is 0 Å². The molecule has 1 aromatic heterocycles. The topological polar surface area (TPSA) is 73.9 Å². The summed E-state index contributed by atoms with van der Waals surface area (Å²) < 4.78 is 5.20.